The van der Waals surface area contributed by atoms with Crippen LogP contribution < -0.4 is 5.56 Å². The Bertz CT molecular complexity index is 795. The Morgan fingerprint density at radius 3 is 2.68 bits per heavy atom. The van der Waals surface area contributed by atoms with Crippen molar-refractivity contribution in [2.24, 2.45) is 0 Å². The Morgan fingerprint density at radius 2 is 2.04 bits per heavy atom. The van der Waals surface area contributed by atoms with Gasteiger partial charge in [-0.3, -0.25) is 14.7 Å². The van der Waals surface area contributed by atoms with E-state index >= 15 is 0 Å². The Balaban J connectivity index is 1.97. The van der Waals surface area contributed by atoms with Crippen molar-refractivity contribution in [3.05, 3.63) is 63.8 Å². The van der Waals surface area contributed by atoms with Crippen molar-refractivity contribution in [3.63, 3.8) is 0 Å². The first-order valence-electron chi connectivity index (χ1n) is 8.65. The Hall–Kier alpha value is -2.47. The molecule has 1 aliphatic rings. The molecule has 3 heterocycles. The standard InChI is InChI=1S/C19H23N3O3/c1-14-7-11-22(18(23)17(14)19(24)25)13-16(15-6-5-8-20-12-15)21-9-3-2-4-10-21/h5-8,11-12,16H,2-4,9-10,13H2,1H3,(H,24,25). The molecule has 1 N–H and O–H groups in total. The lowest BCUT2D eigenvalue weighted by atomic mass is 10.0. The Kier molecular flexibility index (Phi) is 5.28. The van der Waals surface area contributed by atoms with Gasteiger partial charge in [-0.1, -0.05) is 12.5 Å². The van der Waals surface area contributed by atoms with E-state index in [4.69, 9.17) is 0 Å². The molecule has 1 fully saturated rings. The summed E-state index contributed by atoms with van der Waals surface area (Å²) in [4.78, 5) is 30.6. The number of piperidine rings is 1. The molecular formula is C19H23N3O3. The summed E-state index contributed by atoms with van der Waals surface area (Å²) < 4.78 is 1.52. The number of nitrogens with zero attached hydrogens (tertiary/aromatic N) is 3. The van der Waals surface area contributed by atoms with Gasteiger partial charge in [-0.15, -0.1) is 0 Å². The molecule has 25 heavy (non-hydrogen) atoms. The van der Waals surface area contributed by atoms with Crippen molar-refractivity contribution in [2.45, 2.75) is 38.8 Å². The second-order valence-corrected chi connectivity index (χ2v) is 6.54. The maximum atomic E-state index is 12.6. The first-order chi connectivity index (χ1) is 12.1. The zero-order valence-electron chi connectivity index (χ0n) is 14.4. The quantitative estimate of drug-likeness (QED) is 0.904. The van der Waals surface area contributed by atoms with Gasteiger partial charge in [0.25, 0.3) is 5.56 Å². The minimum Gasteiger partial charge on any atom is -0.477 e. The van der Waals surface area contributed by atoms with Crippen LogP contribution >= 0.6 is 0 Å². The number of aromatic carboxylic acids is 1. The molecule has 0 bridgehead atoms. The summed E-state index contributed by atoms with van der Waals surface area (Å²) in [5, 5.41) is 9.34. The molecule has 3 rings (SSSR count). The molecule has 6 heteroatoms. The van der Waals surface area contributed by atoms with Crippen LogP contribution in [0.25, 0.3) is 0 Å². The van der Waals surface area contributed by atoms with Crippen LogP contribution in [0.15, 0.2) is 41.6 Å². The summed E-state index contributed by atoms with van der Waals surface area (Å²) >= 11 is 0. The minimum atomic E-state index is -1.17. The summed E-state index contributed by atoms with van der Waals surface area (Å²) in [7, 11) is 0. The van der Waals surface area contributed by atoms with Crippen molar-refractivity contribution in [3.8, 4) is 0 Å². The predicted molar refractivity (Wildman–Crippen MR) is 94.8 cm³/mol. The molecule has 0 aromatic carbocycles. The Morgan fingerprint density at radius 1 is 1.28 bits per heavy atom. The van der Waals surface area contributed by atoms with Crippen LogP contribution in [0.5, 0.6) is 0 Å². The van der Waals surface area contributed by atoms with Crippen LogP contribution in [0.4, 0.5) is 0 Å². The van der Waals surface area contributed by atoms with E-state index in [0.717, 1.165) is 31.5 Å². The van der Waals surface area contributed by atoms with Crippen molar-refractivity contribution in [1.29, 1.82) is 0 Å². The fraction of sp³-hybridized carbons (Fsp3) is 0.421. The van der Waals surface area contributed by atoms with Gasteiger partial charge in [0.15, 0.2) is 0 Å². The van der Waals surface area contributed by atoms with Gasteiger partial charge < -0.3 is 9.67 Å². The van der Waals surface area contributed by atoms with E-state index in [1.54, 1.807) is 25.4 Å². The summed E-state index contributed by atoms with van der Waals surface area (Å²) in [6.07, 6.45) is 8.76. The van der Waals surface area contributed by atoms with Crippen LogP contribution in [-0.4, -0.2) is 38.6 Å². The highest BCUT2D eigenvalue weighted by Gasteiger charge is 2.24. The number of rotatable bonds is 5. The summed E-state index contributed by atoms with van der Waals surface area (Å²) in [5.41, 5.74) is 0.947. The number of likely N-dealkylation sites (tertiary alicyclic amines) is 1. The first-order valence-corrected chi connectivity index (χ1v) is 8.65. The SMILES string of the molecule is Cc1ccn(CC(c2cccnc2)N2CCCCC2)c(=O)c1C(=O)O. The van der Waals surface area contributed by atoms with Crippen LogP contribution in [-0.2, 0) is 6.54 Å². The predicted octanol–water partition coefficient (Wildman–Crippen LogP) is 2.48. The summed E-state index contributed by atoms with van der Waals surface area (Å²) in [6, 6.07) is 5.62. The molecule has 1 saturated heterocycles. The summed E-state index contributed by atoms with van der Waals surface area (Å²) in [6.45, 7) is 4.03. The molecule has 2 aromatic heterocycles. The highest BCUT2D eigenvalue weighted by atomic mass is 16.4. The number of aryl methyl sites for hydroxylation is 1. The van der Waals surface area contributed by atoms with Gasteiger partial charge in [0, 0.05) is 25.1 Å². The molecule has 1 aliphatic heterocycles. The molecule has 0 radical (unpaired) electrons. The van der Waals surface area contributed by atoms with Crippen LogP contribution in [0.2, 0.25) is 0 Å². The lowest BCUT2D eigenvalue weighted by molar-refractivity contribution is 0.0692. The molecule has 1 atom stereocenters. The van der Waals surface area contributed by atoms with Crippen LogP contribution in [0.1, 0.15) is 46.8 Å². The molecule has 0 amide bonds. The van der Waals surface area contributed by atoms with E-state index < -0.39 is 11.5 Å². The van der Waals surface area contributed by atoms with Gasteiger partial charge in [-0.2, -0.15) is 0 Å². The van der Waals surface area contributed by atoms with E-state index in [1.807, 2.05) is 18.3 Å². The van der Waals surface area contributed by atoms with E-state index in [-0.39, 0.29) is 11.6 Å². The fourth-order valence-electron chi connectivity index (χ4n) is 3.49. The largest absolute Gasteiger partial charge is 0.477 e. The smallest absolute Gasteiger partial charge is 0.341 e. The Labute approximate surface area is 146 Å². The molecule has 2 aromatic rings. The molecule has 0 aliphatic carbocycles. The second-order valence-electron chi connectivity index (χ2n) is 6.54. The average molecular weight is 341 g/mol. The van der Waals surface area contributed by atoms with Gasteiger partial charge in [0.1, 0.15) is 5.56 Å². The number of carbonyl (C=O) groups is 1. The monoisotopic (exact) mass is 341 g/mol. The molecule has 1 unspecified atom stereocenters. The van der Waals surface area contributed by atoms with E-state index in [9.17, 15) is 14.7 Å². The van der Waals surface area contributed by atoms with E-state index in [2.05, 4.69) is 9.88 Å². The topological polar surface area (TPSA) is 75.4 Å². The number of carboxylic acid groups (broad SMARTS) is 1. The number of carboxylic acids is 1. The van der Waals surface area contributed by atoms with Gasteiger partial charge in [0.2, 0.25) is 0 Å². The van der Waals surface area contributed by atoms with Gasteiger partial charge in [-0.05, 0) is 56.1 Å². The molecular weight excluding hydrogens is 318 g/mol. The normalized spacial score (nSPS) is 16.5. The fourth-order valence-corrected chi connectivity index (χ4v) is 3.49. The second kappa shape index (κ2) is 7.61. The van der Waals surface area contributed by atoms with Gasteiger partial charge >= 0.3 is 5.97 Å². The number of hydrogen-bond donors (Lipinski definition) is 1. The zero-order chi connectivity index (χ0) is 17.8. The molecule has 132 valence electrons. The van der Waals surface area contributed by atoms with E-state index in [0.29, 0.717) is 12.1 Å². The molecule has 0 spiro atoms. The van der Waals surface area contributed by atoms with E-state index in [1.165, 1.54) is 11.0 Å². The summed E-state index contributed by atoms with van der Waals surface area (Å²) in [5.74, 6) is -1.17. The van der Waals surface area contributed by atoms with Crippen molar-refractivity contribution < 1.29 is 9.90 Å². The molecule has 6 nitrogen and oxygen atoms in total. The third-order valence-electron chi connectivity index (χ3n) is 4.86. The maximum absolute atomic E-state index is 12.6. The van der Waals surface area contributed by atoms with Crippen molar-refractivity contribution in [2.75, 3.05) is 13.1 Å². The van der Waals surface area contributed by atoms with Crippen molar-refractivity contribution in [1.82, 2.24) is 14.5 Å². The number of hydrogen-bond acceptors (Lipinski definition) is 4. The average Bonchev–Trinajstić information content (AvgIpc) is 2.62. The number of pyridine rings is 2. The third kappa shape index (κ3) is 3.79. The number of aromatic nitrogens is 2. The van der Waals surface area contributed by atoms with Crippen LogP contribution in [0, 0.1) is 6.92 Å². The lowest BCUT2D eigenvalue weighted by Crippen LogP contribution is -2.38. The highest BCUT2D eigenvalue weighted by Crippen LogP contribution is 2.25. The van der Waals surface area contributed by atoms with Gasteiger partial charge in [-0.25, -0.2) is 4.79 Å². The molecule has 0 saturated carbocycles. The first kappa shape index (κ1) is 17.4. The lowest BCUT2D eigenvalue weighted by Gasteiger charge is -2.35. The van der Waals surface area contributed by atoms with Gasteiger partial charge in [0.05, 0.1) is 6.04 Å². The third-order valence-corrected chi connectivity index (χ3v) is 4.86. The maximum Gasteiger partial charge on any atom is 0.341 e. The zero-order valence-corrected chi connectivity index (χ0v) is 14.4. The van der Waals surface area contributed by atoms with Crippen LogP contribution in [0.3, 0.4) is 0 Å². The highest BCUT2D eigenvalue weighted by molar-refractivity contribution is 5.88. The minimum absolute atomic E-state index is 0.0102. The van der Waals surface area contributed by atoms with Crippen molar-refractivity contribution >= 4 is 5.97 Å².